The summed E-state index contributed by atoms with van der Waals surface area (Å²) in [6.07, 6.45) is 4.64. The van der Waals surface area contributed by atoms with Crippen molar-refractivity contribution < 1.29 is 0 Å². The van der Waals surface area contributed by atoms with Crippen LogP contribution in [0.3, 0.4) is 0 Å². The second-order valence-electron chi connectivity index (χ2n) is 6.08. The lowest BCUT2D eigenvalue weighted by atomic mass is 9.80. The molecule has 0 aromatic heterocycles. The third-order valence-corrected chi connectivity index (χ3v) is 3.85. The molecule has 1 fully saturated rings. The van der Waals surface area contributed by atoms with Gasteiger partial charge >= 0.3 is 0 Å². The van der Waals surface area contributed by atoms with Crippen molar-refractivity contribution in [3.05, 3.63) is 0 Å². The van der Waals surface area contributed by atoms with E-state index >= 15 is 0 Å². The van der Waals surface area contributed by atoms with Crippen molar-refractivity contribution in [2.75, 3.05) is 19.6 Å². The molecule has 94 valence electrons. The lowest BCUT2D eigenvalue weighted by Crippen LogP contribution is -2.26. The van der Waals surface area contributed by atoms with E-state index in [9.17, 15) is 0 Å². The van der Waals surface area contributed by atoms with Crippen molar-refractivity contribution in [3.63, 3.8) is 0 Å². The van der Waals surface area contributed by atoms with E-state index in [1.807, 2.05) is 0 Å². The van der Waals surface area contributed by atoms with Crippen molar-refractivity contribution in [2.45, 2.75) is 46.5 Å². The number of hydrogen-bond acceptors (Lipinski definition) is 2. The minimum absolute atomic E-state index is 0.466. The van der Waals surface area contributed by atoms with Crippen molar-refractivity contribution in [3.8, 4) is 0 Å². The first-order chi connectivity index (χ1) is 7.39. The summed E-state index contributed by atoms with van der Waals surface area (Å²) >= 11 is 4.88. The van der Waals surface area contributed by atoms with Crippen LogP contribution in [0.4, 0.5) is 0 Å². The van der Waals surface area contributed by atoms with Crippen LogP contribution in [0.15, 0.2) is 0 Å². The molecule has 16 heavy (non-hydrogen) atoms. The average Bonchev–Trinajstić information content (AvgIpc) is 2.59. The number of nitrogens with zero attached hydrogens (tertiary/aromatic N) is 1. The Bertz CT molecular complexity index is 233. The van der Waals surface area contributed by atoms with Crippen LogP contribution in [-0.4, -0.2) is 29.5 Å². The molecule has 0 saturated carbocycles. The molecular weight excluding hydrogens is 216 g/mol. The van der Waals surface area contributed by atoms with Crippen molar-refractivity contribution >= 4 is 17.2 Å². The molecule has 3 heteroatoms. The molecule has 0 bridgehead atoms. The molecule has 0 aliphatic carbocycles. The van der Waals surface area contributed by atoms with E-state index in [1.54, 1.807) is 0 Å². The molecule has 1 saturated heterocycles. The van der Waals surface area contributed by atoms with Gasteiger partial charge in [-0.1, -0.05) is 33.0 Å². The number of thiocarbonyl (C=S) groups is 1. The summed E-state index contributed by atoms with van der Waals surface area (Å²) in [7, 11) is 0. The van der Waals surface area contributed by atoms with Gasteiger partial charge in [-0.2, -0.15) is 0 Å². The Morgan fingerprint density at radius 3 is 2.56 bits per heavy atom. The molecule has 1 aliphatic rings. The van der Waals surface area contributed by atoms with Gasteiger partial charge in [0.15, 0.2) is 0 Å². The number of nitrogens with two attached hydrogens (primary N) is 1. The Hall–Kier alpha value is -0.150. The highest BCUT2D eigenvalue weighted by Crippen LogP contribution is 2.33. The van der Waals surface area contributed by atoms with Crippen LogP contribution in [0.25, 0.3) is 0 Å². The van der Waals surface area contributed by atoms with Gasteiger partial charge in [-0.15, -0.1) is 0 Å². The highest BCUT2D eigenvalue weighted by Gasteiger charge is 2.31. The van der Waals surface area contributed by atoms with Gasteiger partial charge in [0.05, 0.1) is 4.99 Å². The van der Waals surface area contributed by atoms with Crippen LogP contribution in [0.2, 0.25) is 0 Å². The van der Waals surface area contributed by atoms with Gasteiger partial charge in [-0.25, -0.2) is 0 Å². The predicted molar refractivity (Wildman–Crippen MR) is 74.6 cm³/mol. The van der Waals surface area contributed by atoms with E-state index in [-0.39, 0.29) is 0 Å². The third-order valence-electron chi connectivity index (χ3n) is 3.64. The Morgan fingerprint density at radius 1 is 1.38 bits per heavy atom. The van der Waals surface area contributed by atoms with Gasteiger partial charge in [0, 0.05) is 6.54 Å². The Balaban J connectivity index is 2.15. The summed E-state index contributed by atoms with van der Waals surface area (Å²) < 4.78 is 0. The zero-order chi connectivity index (χ0) is 12.2. The van der Waals surface area contributed by atoms with E-state index in [0.29, 0.717) is 10.4 Å². The maximum atomic E-state index is 5.48. The molecule has 1 heterocycles. The molecular formula is C13H26N2S. The second kappa shape index (κ2) is 5.97. The molecule has 0 aromatic rings. The summed E-state index contributed by atoms with van der Waals surface area (Å²) in [5, 5.41) is 0. The van der Waals surface area contributed by atoms with Crippen molar-refractivity contribution in [1.82, 2.24) is 4.90 Å². The van der Waals surface area contributed by atoms with Crippen LogP contribution >= 0.6 is 12.2 Å². The van der Waals surface area contributed by atoms with Crippen LogP contribution in [0.1, 0.15) is 46.5 Å². The molecule has 1 aliphatic heterocycles. The minimum atomic E-state index is 0.466. The maximum Gasteiger partial charge on any atom is 0.0727 e. The highest BCUT2D eigenvalue weighted by molar-refractivity contribution is 7.80. The number of likely N-dealkylation sites (tertiary alicyclic amines) is 1. The topological polar surface area (TPSA) is 29.3 Å². The number of hydrogen-bond donors (Lipinski definition) is 1. The zero-order valence-electron chi connectivity index (χ0n) is 11.0. The highest BCUT2D eigenvalue weighted by atomic mass is 32.1. The average molecular weight is 242 g/mol. The fourth-order valence-corrected chi connectivity index (χ4v) is 2.52. The monoisotopic (exact) mass is 242 g/mol. The van der Waals surface area contributed by atoms with Crippen molar-refractivity contribution in [2.24, 2.45) is 17.1 Å². The normalized spacial score (nSPS) is 22.6. The standard InChI is InChI=1S/C13H26N2S/c1-13(2,3)11-7-9-15(10-11)8-5-4-6-12(14)16/h11H,4-10H2,1-3H3,(H2,14,16). The summed E-state index contributed by atoms with van der Waals surface area (Å²) in [6, 6.07) is 0. The summed E-state index contributed by atoms with van der Waals surface area (Å²) in [5.41, 5.74) is 5.95. The van der Waals surface area contributed by atoms with Crippen LogP contribution in [0, 0.1) is 11.3 Å². The smallest absolute Gasteiger partial charge is 0.0727 e. The first-order valence-corrected chi connectivity index (χ1v) is 6.81. The maximum absolute atomic E-state index is 5.48. The lowest BCUT2D eigenvalue weighted by Gasteiger charge is -2.27. The first-order valence-electron chi connectivity index (χ1n) is 6.40. The first kappa shape index (κ1) is 13.9. The van der Waals surface area contributed by atoms with Gasteiger partial charge in [0.1, 0.15) is 0 Å². The van der Waals surface area contributed by atoms with Gasteiger partial charge in [0.25, 0.3) is 0 Å². The number of unbranched alkanes of at least 4 members (excludes halogenated alkanes) is 1. The van der Waals surface area contributed by atoms with Crippen LogP contribution < -0.4 is 5.73 Å². The molecule has 0 radical (unpaired) electrons. The summed E-state index contributed by atoms with van der Waals surface area (Å²) in [4.78, 5) is 3.25. The Kier molecular flexibility index (Phi) is 5.19. The zero-order valence-corrected chi connectivity index (χ0v) is 11.8. The van der Waals surface area contributed by atoms with Gasteiger partial charge in [0.2, 0.25) is 0 Å². The van der Waals surface area contributed by atoms with Gasteiger partial charge in [-0.3, -0.25) is 0 Å². The van der Waals surface area contributed by atoms with Gasteiger partial charge in [-0.05, 0) is 50.1 Å². The van der Waals surface area contributed by atoms with Crippen LogP contribution in [0.5, 0.6) is 0 Å². The molecule has 1 rings (SSSR count). The molecule has 1 atom stereocenters. The molecule has 0 aromatic carbocycles. The predicted octanol–water partition coefficient (Wildman–Crippen LogP) is 2.81. The third kappa shape index (κ3) is 4.79. The van der Waals surface area contributed by atoms with Crippen LogP contribution in [-0.2, 0) is 0 Å². The molecule has 1 unspecified atom stereocenters. The van der Waals surface area contributed by atoms with E-state index in [4.69, 9.17) is 18.0 Å². The SMILES string of the molecule is CC(C)(C)C1CCN(CCCCC(N)=S)C1. The quantitative estimate of drug-likeness (QED) is 0.594. The van der Waals surface area contributed by atoms with E-state index in [2.05, 4.69) is 25.7 Å². The fraction of sp³-hybridized carbons (Fsp3) is 0.923. The molecule has 0 amide bonds. The molecule has 2 N–H and O–H groups in total. The largest absolute Gasteiger partial charge is 0.393 e. The summed E-state index contributed by atoms with van der Waals surface area (Å²) in [6.45, 7) is 10.8. The van der Waals surface area contributed by atoms with E-state index in [0.717, 1.165) is 18.8 Å². The minimum Gasteiger partial charge on any atom is -0.393 e. The Morgan fingerprint density at radius 2 is 2.06 bits per heavy atom. The van der Waals surface area contributed by atoms with Crippen molar-refractivity contribution in [1.29, 1.82) is 0 Å². The Labute approximate surface area is 106 Å². The molecule has 0 spiro atoms. The fourth-order valence-electron chi connectivity index (χ4n) is 2.38. The number of rotatable bonds is 5. The van der Waals surface area contributed by atoms with Gasteiger partial charge < -0.3 is 10.6 Å². The second-order valence-corrected chi connectivity index (χ2v) is 6.60. The molecule has 2 nitrogen and oxygen atoms in total. The lowest BCUT2D eigenvalue weighted by molar-refractivity contribution is 0.228. The summed E-state index contributed by atoms with van der Waals surface area (Å²) in [5.74, 6) is 0.864. The van der Waals surface area contributed by atoms with E-state index < -0.39 is 0 Å². The van der Waals surface area contributed by atoms with E-state index in [1.165, 1.54) is 32.5 Å².